The number of rotatable bonds is 5. The molecule has 7 nitrogen and oxygen atoms in total. The van der Waals surface area contributed by atoms with Crippen molar-refractivity contribution in [3.63, 3.8) is 0 Å². The second kappa shape index (κ2) is 4.99. The van der Waals surface area contributed by atoms with Crippen LogP contribution in [0.15, 0.2) is 16.8 Å². The average Bonchev–Trinajstić information content (AvgIpc) is 2.85. The first kappa shape index (κ1) is 12.3. The standard InChI is InChI=1S/C11H14N4O3/c1-7(6-10(16)17)5-9-12-11(14-18-9)8-3-4-15(2)13-8/h3-4,7H,5-6H2,1-2H3,(H,16,17). The number of hydrogen-bond donors (Lipinski definition) is 1. The third-order valence-corrected chi connectivity index (χ3v) is 2.46. The quantitative estimate of drug-likeness (QED) is 0.854. The van der Waals surface area contributed by atoms with Crippen LogP contribution in [0, 0.1) is 5.92 Å². The molecule has 2 heterocycles. The molecular weight excluding hydrogens is 236 g/mol. The van der Waals surface area contributed by atoms with E-state index in [1.54, 1.807) is 24.0 Å². The predicted molar refractivity (Wildman–Crippen MR) is 61.6 cm³/mol. The lowest BCUT2D eigenvalue weighted by atomic mass is 10.0. The van der Waals surface area contributed by atoms with Crippen molar-refractivity contribution in [1.29, 1.82) is 0 Å². The van der Waals surface area contributed by atoms with Gasteiger partial charge in [0.05, 0.1) is 0 Å². The molecule has 1 atom stereocenters. The van der Waals surface area contributed by atoms with Crippen LogP contribution in [-0.2, 0) is 18.3 Å². The summed E-state index contributed by atoms with van der Waals surface area (Å²) in [5, 5.41) is 16.7. The second-order valence-corrected chi connectivity index (χ2v) is 4.29. The number of hydrogen-bond acceptors (Lipinski definition) is 5. The summed E-state index contributed by atoms with van der Waals surface area (Å²) >= 11 is 0. The molecule has 0 aliphatic rings. The van der Waals surface area contributed by atoms with Gasteiger partial charge in [0.25, 0.3) is 0 Å². The smallest absolute Gasteiger partial charge is 0.303 e. The monoisotopic (exact) mass is 250 g/mol. The van der Waals surface area contributed by atoms with Crippen molar-refractivity contribution >= 4 is 5.97 Å². The molecule has 0 aliphatic carbocycles. The molecule has 2 aromatic rings. The van der Waals surface area contributed by atoms with Gasteiger partial charge in [-0.2, -0.15) is 10.1 Å². The molecule has 1 unspecified atom stereocenters. The minimum absolute atomic E-state index is 0.0421. The topological polar surface area (TPSA) is 94.0 Å². The Morgan fingerprint density at radius 3 is 3.00 bits per heavy atom. The number of carbonyl (C=O) groups is 1. The van der Waals surface area contributed by atoms with Crippen molar-refractivity contribution in [2.24, 2.45) is 13.0 Å². The van der Waals surface area contributed by atoms with Crippen molar-refractivity contribution in [1.82, 2.24) is 19.9 Å². The van der Waals surface area contributed by atoms with E-state index < -0.39 is 5.97 Å². The minimum atomic E-state index is -0.827. The molecule has 18 heavy (non-hydrogen) atoms. The van der Waals surface area contributed by atoms with E-state index in [-0.39, 0.29) is 12.3 Å². The lowest BCUT2D eigenvalue weighted by Crippen LogP contribution is -2.07. The van der Waals surface area contributed by atoms with Gasteiger partial charge in [0.2, 0.25) is 11.7 Å². The van der Waals surface area contributed by atoms with Gasteiger partial charge in [0.1, 0.15) is 5.69 Å². The van der Waals surface area contributed by atoms with Gasteiger partial charge in [0.15, 0.2) is 0 Å². The lowest BCUT2D eigenvalue weighted by Gasteiger charge is -2.02. The van der Waals surface area contributed by atoms with Crippen LogP contribution in [0.3, 0.4) is 0 Å². The summed E-state index contributed by atoms with van der Waals surface area (Å²) in [6, 6.07) is 1.79. The van der Waals surface area contributed by atoms with Crippen LogP contribution in [0.4, 0.5) is 0 Å². The number of nitrogens with zero attached hydrogens (tertiary/aromatic N) is 4. The SMILES string of the molecule is CC(CC(=O)O)Cc1nc(-c2ccn(C)n2)no1. The van der Waals surface area contributed by atoms with Gasteiger partial charge in [-0.15, -0.1) is 0 Å². The molecule has 0 aromatic carbocycles. The molecule has 0 amide bonds. The highest BCUT2D eigenvalue weighted by Crippen LogP contribution is 2.15. The Bertz CT molecular complexity index is 546. The van der Waals surface area contributed by atoms with Gasteiger partial charge >= 0.3 is 5.97 Å². The lowest BCUT2D eigenvalue weighted by molar-refractivity contribution is -0.137. The molecule has 0 radical (unpaired) electrons. The first-order valence-electron chi connectivity index (χ1n) is 5.59. The van der Waals surface area contributed by atoms with Crippen molar-refractivity contribution in [2.75, 3.05) is 0 Å². The molecule has 0 aliphatic heterocycles. The van der Waals surface area contributed by atoms with E-state index in [2.05, 4.69) is 15.2 Å². The van der Waals surface area contributed by atoms with Crippen LogP contribution in [0.25, 0.3) is 11.5 Å². The molecule has 1 N–H and O–H groups in total. The van der Waals surface area contributed by atoms with Gasteiger partial charge in [-0.3, -0.25) is 9.48 Å². The van der Waals surface area contributed by atoms with E-state index in [4.69, 9.17) is 9.63 Å². The minimum Gasteiger partial charge on any atom is -0.481 e. The average molecular weight is 250 g/mol. The van der Waals surface area contributed by atoms with Gasteiger partial charge in [-0.05, 0) is 12.0 Å². The Hall–Kier alpha value is -2.18. The molecule has 96 valence electrons. The normalized spacial score (nSPS) is 12.6. The Labute approximate surface area is 103 Å². The zero-order chi connectivity index (χ0) is 13.1. The van der Waals surface area contributed by atoms with E-state index >= 15 is 0 Å². The Kier molecular flexibility index (Phi) is 3.40. The van der Waals surface area contributed by atoms with Crippen LogP contribution >= 0.6 is 0 Å². The maximum atomic E-state index is 10.5. The van der Waals surface area contributed by atoms with Crippen LogP contribution in [-0.4, -0.2) is 31.0 Å². The fraction of sp³-hybridized carbons (Fsp3) is 0.455. The number of aromatic nitrogens is 4. The van der Waals surface area contributed by atoms with Crippen LogP contribution in [0.5, 0.6) is 0 Å². The van der Waals surface area contributed by atoms with Gasteiger partial charge in [-0.1, -0.05) is 12.1 Å². The Morgan fingerprint density at radius 1 is 1.61 bits per heavy atom. The summed E-state index contributed by atoms with van der Waals surface area (Å²) in [6.45, 7) is 1.83. The third-order valence-electron chi connectivity index (χ3n) is 2.46. The van der Waals surface area contributed by atoms with Crippen LogP contribution in [0.2, 0.25) is 0 Å². The van der Waals surface area contributed by atoms with Crippen molar-refractivity contribution in [2.45, 2.75) is 19.8 Å². The fourth-order valence-corrected chi connectivity index (χ4v) is 1.64. The fourth-order valence-electron chi connectivity index (χ4n) is 1.64. The highest BCUT2D eigenvalue weighted by atomic mass is 16.5. The Balaban J connectivity index is 2.04. The Morgan fingerprint density at radius 2 is 2.39 bits per heavy atom. The number of aliphatic carboxylic acids is 1. The molecule has 0 spiro atoms. The van der Waals surface area contributed by atoms with Gasteiger partial charge < -0.3 is 9.63 Å². The molecule has 0 bridgehead atoms. The van der Waals surface area contributed by atoms with E-state index in [0.717, 1.165) is 0 Å². The largest absolute Gasteiger partial charge is 0.481 e. The first-order valence-corrected chi connectivity index (χ1v) is 5.59. The van der Waals surface area contributed by atoms with Crippen molar-refractivity contribution < 1.29 is 14.4 Å². The summed E-state index contributed by atoms with van der Waals surface area (Å²) in [5.74, 6) is -0.0102. The number of carboxylic acids is 1. The molecule has 0 saturated carbocycles. The zero-order valence-electron chi connectivity index (χ0n) is 10.2. The highest BCUT2D eigenvalue weighted by molar-refractivity contribution is 5.66. The predicted octanol–water partition coefficient (Wildman–Crippen LogP) is 1.12. The van der Waals surface area contributed by atoms with Crippen LogP contribution < -0.4 is 0 Å². The molecule has 7 heteroatoms. The van der Waals surface area contributed by atoms with Gasteiger partial charge in [-0.25, -0.2) is 0 Å². The maximum absolute atomic E-state index is 10.5. The van der Waals surface area contributed by atoms with E-state index in [1.807, 2.05) is 6.92 Å². The summed E-state index contributed by atoms with van der Waals surface area (Å²) in [4.78, 5) is 14.7. The van der Waals surface area contributed by atoms with Crippen molar-refractivity contribution in [3.8, 4) is 11.5 Å². The third kappa shape index (κ3) is 2.93. The summed E-state index contributed by atoms with van der Waals surface area (Å²) in [5.41, 5.74) is 0.637. The second-order valence-electron chi connectivity index (χ2n) is 4.29. The van der Waals surface area contributed by atoms with E-state index in [1.165, 1.54) is 0 Å². The summed E-state index contributed by atoms with van der Waals surface area (Å²) in [6.07, 6.45) is 2.33. The molecule has 0 fully saturated rings. The first-order chi connectivity index (χ1) is 8.54. The van der Waals surface area contributed by atoms with E-state index in [9.17, 15) is 4.79 Å². The number of carboxylic acid groups (broad SMARTS) is 1. The molecular formula is C11H14N4O3. The molecule has 0 saturated heterocycles. The van der Waals surface area contributed by atoms with Gasteiger partial charge in [0, 0.05) is 26.1 Å². The van der Waals surface area contributed by atoms with Crippen molar-refractivity contribution in [3.05, 3.63) is 18.2 Å². The summed E-state index contributed by atoms with van der Waals surface area (Å²) in [7, 11) is 1.80. The van der Waals surface area contributed by atoms with Crippen LogP contribution in [0.1, 0.15) is 19.2 Å². The molecule has 2 rings (SSSR count). The molecule has 2 aromatic heterocycles. The zero-order valence-corrected chi connectivity index (χ0v) is 10.2. The maximum Gasteiger partial charge on any atom is 0.303 e. The van der Waals surface area contributed by atoms with E-state index in [0.29, 0.717) is 23.8 Å². The summed E-state index contributed by atoms with van der Waals surface area (Å²) < 4.78 is 6.73. The highest BCUT2D eigenvalue weighted by Gasteiger charge is 2.15. The number of aryl methyl sites for hydroxylation is 1.